The molecule has 0 aliphatic carbocycles. The Bertz CT molecular complexity index is 1070. The van der Waals surface area contributed by atoms with Crippen LogP contribution in [0.1, 0.15) is 11.1 Å². The SMILES string of the molecule is Br.Cc1cc(-c2csc(NCCc3ccccc3)n2)c2oc(=O)[nH]c2c1. The zero-order valence-corrected chi connectivity index (χ0v) is 16.6. The molecule has 0 saturated carbocycles. The second-order valence-electron chi connectivity index (χ2n) is 5.90. The number of aromatic nitrogens is 2. The summed E-state index contributed by atoms with van der Waals surface area (Å²) in [4.78, 5) is 18.9. The van der Waals surface area contributed by atoms with Gasteiger partial charge in [-0.05, 0) is 36.6 Å². The van der Waals surface area contributed by atoms with Crippen LogP contribution in [0.25, 0.3) is 22.4 Å². The van der Waals surface area contributed by atoms with Crippen LogP contribution in [-0.2, 0) is 6.42 Å². The van der Waals surface area contributed by atoms with Crippen LogP contribution in [0, 0.1) is 6.92 Å². The standard InChI is InChI=1S/C19H17N3O2S.BrH/c1-12-9-14(17-15(10-12)22-19(23)24-17)16-11-25-18(21-16)20-8-7-13-5-3-2-4-6-13;/h2-6,9-11H,7-8H2,1H3,(H,20,21)(H,22,23);1H. The van der Waals surface area contributed by atoms with Crippen LogP contribution in [-0.4, -0.2) is 16.5 Å². The van der Waals surface area contributed by atoms with Gasteiger partial charge in [-0.25, -0.2) is 9.78 Å². The van der Waals surface area contributed by atoms with Crippen molar-refractivity contribution in [2.45, 2.75) is 13.3 Å². The molecule has 0 spiro atoms. The zero-order valence-electron chi connectivity index (χ0n) is 14.1. The highest BCUT2D eigenvalue weighted by atomic mass is 79.9. The molecule has 0 aliphatic heterocycles. The van der Waals surface area contributed by atoms with E-state index in [1.54, 1.807) is 11.3 Å². The average molecular weight is 432 g/mol. The van der Waals surface area contributed by atoms with E-state index in [-0.39, 0.29) is 17.0 Å². The maximum atomic E-state index is 11.5. The lowest BCUT2D eigenvalue weighted by atomic mass is 10.1. The largest absolute Gasteiger partial charge is 0.417 e. The van der Waals surface area contributed by atoms with Gasteiger partial charge in [-0.2, -0.15) is 0 Å². The summed E-state index contributed by atoms with van der Waals surface area (Å²) >= 11 is 1.55. The molecule has 4 aromatic rings. The molecule has 0 bridgehead atoms. The van der Waals surface area contributed by atoms with Crippen molar-refractivity contribution in [3.05, 3.63) is 69.5 Å². The lowest BCUT2D eigenvalue weighted by Gasteiger charge is -2.03. The number of aromatic amines is 1. The predicted molar refractivity (Wildman–Crippen MR) is 112 cm³/mol. The number of benzene rings is 2. The van der Waals surface area contributed by atoms with Gasteiger partial charge in [0.2, 0.25) is 0 Å². The fourth-order valence-electron chi connectivity index (χ4n) is 2.83. The van der Waals surface area contributed by atoms with Gasteiger partial charge in [0.1, 0.15) is 0 Å². The van der Waals surface area contributed by atoms with Gasteiger partial charge in [-0.3, -0.25) is 4.98 Å². The molecule has 0 radical (unpaired) electrons. The number of aryl methyl sites for hydroxylation is 1. The first-order chi connectivity index (χ1) is 12.2. The van der Waals surface area contributed by atoms with Gasteiger partial charge in [-0.15, -0.1) is 28.3 Å². The molecule has 2 N–H and O–H groups in total. The number of hydrogen-bond donors (Lipinski definition) is 2. The van der Waals surface area contributed by atoms with E-state index in [9.17, 15) is 4.79 Å². The lowest BCUT2D eigenvalue weighted by Crippen LogP contribution is -2.04. The first kappa shape index (κ1) is 18.4. The number of fused-ring (bicyclic) bond motifs is 1. The maximum Gasteiger partial charge on any atom is 0.417 e. The van der Waals surface area contributed by atoms with E-state index in [0.717, 1.165) is 34.9 Å². The van der Waals surface area contributed by atoms with Crippen molar-refractivity contribution < 1.29 is 4.42 Å². The van der Waals surface area contributed by atoms with Crippen LogP contribution in [0.4, 0.5) is 5.13 Å². The van der Waals surface area contributed by atoms with Crippen LogP contribution < -0.4 is 11.1 Å². The molecule has 0 unspecified atom stereocenters. The van der Waals surface area contributed by atoms with Crippen LogP contribution in [0.2, 0.25) is 0 Å². The number of hydrogen-bond acceptors (Lipinski definition) is 5. The Hall–Kier alpha value is -2.38. The van der Waals surface area contributed by atoms with Gasteiger partial charge in [0, 0.05) is 17.5 Å². The predicted octanol–water partition coefficient (Wildman–Crippen LogP) is 4.79. The molecule has 4 rings (SSSR count). The quantitative estimate of drug-likeness (QED) is 0.476. The summed E-state index contributed by atoms with van der Waals surface area (Å²) in [6.45, 7) is 2.80. The van der Waals surface area contributed by atoms with E-state index in [2.05, 4.69) is 27.4 Å². The fourth-order valence-corrected chi connectivity index (χ4v) is 3.57. The van der Waals surface area contributed by atoms with Crippen molar-refractivity contribution in [2.24, 2.45) is 0 Å². The summed E-state index contributed by atoms with van der Waals surface area (Å²) in [5.74, 6) is -0.446. The number of nitrogens with zero attached hydrogens (tertiary/aromatic N) is 1. The molecule has 26 heavy (non-hydrogen) atoms. The third-order valence-electron chi connectivity index (χ3n) is 3.98. The highest BCUT2D eigenvalue weighted by molar-refractivity contribution is 8.93. The van der Waals surface area contributed by atoms with Gasteiger partial charge < -0.3 is 9.73 Å². The Morgan fingerprint density at radius 1 is 1.23 bits per heavy atom. The fraction of sp³-hybridized carbons (Fsp3) is 0.158. The molecule has 5 nitrogen and oxygen atoms in total. The second kappa shape index (κ2) is 7.88. The topological polar surface area (TPSA) is 70.9 Å². The minimum absolute atomic E-state index is 0. The smallest absolute Gasteiger partial charge is 0.407 e. The Labute approximate surface area is 164 Å². The van der Waals surface area contributed by atoms with E-state index in [1.807, 2.05) is 42.6 Å². The molecule has 0 aliphatic rings. The number of rotatable bonds is 5. The zero-order chi connectivity index (χ0) is 17.2. The third-order valence-corrected chi connectivity index (χ3v) is 4.78. The second-order valence-corrected chi connectivity index (χ2v) is 6.76. The van der Waals surface area contributed by atoms with Crippen LogP contribution >= 0.6 is 28.3 Å². The normalized spacial score (nSPS) is 10.7. The minimum atomic E-state index is -0.446. The van der Waals surface area contributed by atoms with E-state index < -0.39 is 5.76 Å². The third kappa shape index (κ3) is 3.89. The average Bonchev–Trinajstić information content (AvgIpc) is 3.21. The molecule has 0 saturated heterocycles. The molecular weight excluding hydrogens is 414 g/mol. The van der Waals surface area contributed by atoms with E-state index >= 15 is 0 Å². The van der Waals surface area contributed by atoms with Gasteiger partial charge >= 0.3 is 5.76 Å². The van der Waals surface area contributed by atoms with Gasteiger partial charge in [0.15, 0.2) is 10.7 Å². The van der Waals surface area contributed by atoms with Gasteiger partial charge in [-0.1, -0.05) is 30.3 Å². The molecule has 134 valence electrons. The van der Waals surface area contributed by atoms with Crippen LogP contribution in [0.3, 0.4) is 0 Å². The van der Waals surface area contributed by atoms with Crippen molar-refractivity contribution in [3.8, 4) is 11.3 Å². The van der Waals surface area contributed by atoms with E-state index in [1.165, 1.54) is 5.56 Å². The number of thiazole rings is 1. The molecule has 7 heteroatoms. The monoisotopic (exact) mass is 431 g/mol. The highest BCUT2D eigenvalue weighted by Gasteiger charge is 2.13. The summed E-state index contributed by atoms with van der Waals surface area (Å²) in [6, 6.07) is 14.2. The molecule has 0 atom stereocenters. The van der Waals surface area contributed by atoms with Crippen molar-refractivity contribution in [1.82, 2.24) is 9.97 Å². The van der Waals surface area contributed by atoms with E-state index in [4.69, 9.17) is 4.42 Å². The lowest BCUT2D eigenvalue weighted by molar-refractivity contribution is 0.556. The first-order valence-corrected chi connectivity index (χ1v) is 8.94. The van der Waals surface area contributed by atoms with Crippen LogP contribution in [0.15, 0.2) is 57.1 Å². The molecular formula is C19H18BrN3O2S. The van der Waals surface area contributed by atoms with Crippen molar-refractivity contribution >= 4 is 44.5 Å². The summed E-state index contributed by atoms with van der Waals surface area (Å²) in [5, 5.41) is 6.20. The summed E-state index contributed by atoms with van der Waals surface area (Å²) in [6.07, 6.45) is 0.942. The Kier molecular flexibility index (Phi) is 5.58. The van der Waals surface area contributed by atoms with Crippen molar-refractivity contribution in [3.63, 3.8) is 0 Å². The molecule has 0 fully saturated rings. The molecule has 2 aromatic heterocycles. The number of halogens is 1. The first-order valence-electron chi connectivity index (χ1n) is 8.06. The van der Waals surface area contributed by atoms with Crippen molar-refractivity contribution in [2.75, 3.05) is 11.9 Å². The summed E-state index contributed by atoms with van der Waals surface area (Å²) in [5.41, 5.74) is 5.24. The van der Waals surface area contributed by atoms with Gasteiger partial charge in [0.05, 0.1) is 11.2 Å². The molecule has 2 heterocycles. The Morgan fingerprint density at radius 2 is 2.04 bits per heavy atom. The number of H-pyrrole nitrogens is 1. The number of nitrogens with one attached hydrogen (secondary N) is 2. The number of oxazole rings is 1. The highest BCUT2D eigenvalue weighted by Crippen LogP contribution is 2.31. The van der Waals surface area contributed by atoms with Crippen molar-refractivity contribution in [1.29, 1.82) is 0 Å². The number of anilines is 1. The maximum absolute atomic E-state index is 11.5. The summed E-state index contributed by atoms with van der Waals surface area (Å²) < 4.78 is 5.29. The van der Waals surface area contributed by atoms with Gasteiger partial charge in [0.25, 0.3) is 0 Å². The summed E-state index contributed by atoms with van der Waals surface area (Å²) in [7, 11) is 0. The van der Waals surface area contributed by atoms with E-state index in [0.29, 0.717) is 11.1 Å². The molecule has 0 amide bonds. The minimum Gasteiger partial charge on any atom is -0.407 e. The Morgan fingerprint density at radius 3 is 2.85 bits per heavy atom. The molecule has 2 aromatic carbocycles. The van der Waals surface area contributed by atoms with Crippen LogP contribution in [0.5, 0.6) is 0 Å². The Balaban J connectivity index is 0.00000196.